The molecule has 0 amide bonds. The summed E-state index contributed by atoms with van der Waals surface area (Å²) >= 11 is 0. The molecule has 0 aliphatic rings. The quantitative estimate of drug-likeness (QED) is 0.142. The molecular weight excluding hydrogens is 835 g/mol. The van der Waals surface area contributed by atoms with E-state index >= 15 is 0 Å². The molecule has 3 heteroatoms. The fraction of sp³-hybridized carbons (Fsp3) is 0.0758. The van der Waals surface area contributed by atoms with Crippen molar-refractivity contribution in [2.24, 2.45) is 0 Å². The molecule has 2 aromatic heterocycles. The van der Waals surface area contributed by atoms with E-state index in [1.165, 1.54) is 22.3 Å². The van der Waals surface area contributed by atoms with Crippen molar-refractivity contribution < 1.29 is 0 Å². The lowest BCUT2D eigenvalue weighted by molar-refractivity contribution is 1.15. The maximum absolute atomic E-state index is 9.09. The molecule has 0 fully saturated rings. The van der Waals surface area contributed by atoms with Crippen molar-refractivity contribution in [1.29, 1.82) is 0 Å². The van der Waals surface area contributed by atoms with Gasteiger partial charge in [-0.15, -0.1) is 0 Å². The molecule has 0 atom stereocenters. The Morgan fingerprint density at radius 2 is 0.623 bits per heavy atom. The van der Waals surface area contributed by atoms with E-state index in [1.54, 1.807) is 0 Å². The molecule has 0 N–H and O–H groups in total. The molecule has 69 heavy (non-hydrogen) atoms. The van der Waals surface area contributed by atoms with Gasteiger partial charge in [0.05, 0.1) is 34.3 Å². The van der Waals surface area contributed by atoms with Crippen molar-refractivity contribution in [2.45, 2.75) is 34.6 Å². The summed E-state index contributed by atoms with van der Waals surface area (Å²) < 4.78 is 4.78. The number of rotatable bonds is 7. The highest BCUT2D eigenvalue weighted by molar-refractivity contribution is 6.14. The Hall–Kier alpha value is -8.71. The van der Waals surface area contributed by atoms with Gasteiger partial charge in [-0.25, -0.2) is 4.85 Å². The number of hydrogen-bond acceptors (Lipinski definition) is 0. The molecule has 328 valence electrons. The first-order valence-electron chi connectivity index (χ1n) is 23.8. The van der Waals surface area contributed by atoms with E-state index < -0.39 is 0 Å². The molecule has 0 spiro atoms. The molecule has 2 heterocycles. The maximum Gasteiger partial charge on any atom is 0.212 e. The smallest absolute Gasteiger partial charge is 0.212 e. The van der Waals surface area contributed by atoms with Crippen molar-refractivity contribution in [3.63, 3.8) is 0 Å². The molecule has 0 saturated carbocycles. The van der Waals surface area contributed by atoms with Crippen LogP contribution in [0.25, 0.3) is 115 Å². The van der Waals surface area contributed by atoms with E-state index in [1.807, 2.05) is 0 Å². The van der Waals surface area contributed by atoms with E-state index in [0.29, 0.717) is 5.69 Å². The first-order chi connectivity index (χ1) is 33.7. The Bertz CT molecular complexity index is 3820. The minimum absolute atomic E-state index is 0.571. The van der Waals surface area contributed by atoms with Gasteiger partial charge in [-0.1, -0.05) is 192 Å². The highest BCUT2D eigenvalue weighted by Crippen LogP contribution is 2.46. The van der Waals surface area contributed by atoms with Crippen molar-refractivity contribution in [3.05, 3.63) is 245 Å². The van der Waals surface area contributed by atoms with Crippen LogP contribution in [0.4, 0.5) is 5.69 Å². The largest absolute Gasteiger partial charge is 0.319 e. The third-order valence-electron chi connectivity index (χ3n) is 14.2. The lowest BCUT2D eigenvalue weighted by atomic mass is 9.97. The molecule has 0 saturated heterocycles. The van der Waals surface area contributed by atoms with Crippen LogP contribution < -0.4 is 0 Å². The average molecular weight is 884 g/mol. The summed E-state index contributed by atoms with van der Waals surface area (Å²) in [5.41, 5.74) is 24.1. The van der Waals surface area contributed by atoms with Crippen LogP contribution >= 0.6 is 0 Å². The van der Waals surface area contributed by atoms with Crippen LogP contribution in [-0.4, -0.2) is 9.13 Å². The van der Waals surface area contributed by atoms with E-state index in [-0.39, 0.29) is 0 Å². The van der Waals surface area contributed by atoms with E-state index in [9.17, 15) is 0 Å². The summed E-state index contributed by atoms with van der Waals surface area (Å²) in [5.74, 6) is 0. The van der Waals surface area contributed by atoms with Crippen LogP contribution in [0.5, 0.6) is 0 Å². The number of nitrogens with zero attached hydrogens (tertiary/aromatic N) is 3. The molecule has 12 rings (SSSR count). The SMILES string of the molecule is [C-]#[N+]c1cc(-n2c3cc(-c4ccc(C)cc4)ccc3c3ccc(-c4ccc(C)cc4)cc32)c(-c2ccccc2C)cc1-n1c2cc(-c3ccc(C)cc3)ccc2c2ccc(-c3ccc(C)cc3)cc21. The predicted octanol–water partition coefficient (Wildman–Crippen LogP) is 18.3. The van der Waals surface area contributed by atoms with Gasteiger partial charge < -0.3 is 9.13 Å². The van der Waals surface area contributed by atoms with E-state index in [2.05, 4.69) is 255 Å². The van der Waals surface area contributed by atoms with E-state index in [0.717, 1.165) is 116 Å². The van der Waals surface area contributed by atoms with Crippen LogP contribution in [0.1, 0.15) is 27.8 Å². The predicted molar refractivity (Wildman–Crippen MR) is 292 cm³/mol. The van der Waals surface area contributed by atoms with Crippen molar-refractivity contribution in [2.75, 3.05) is 0 Å². The first-order valence-corrected chi connectivity index (χ1v) is 23.8. The Kier molecular flexibility index (Phi) is 10.0. The van der Waals surface area contributed by atoms with Gasteiger partial charge in [0.25, 0.3) is 0 Å². The van der Waals surface area contributed by atoms with Gasteiger partial charge >= 0.3 is 0 Å². The second-order valence-corrected chi connectivity index (χ2v) is 18.8. The zero-order valence-electron chi connectivity index (χ0n) is 39.5. The number of benzene rings is 10. The summed E-state index contributed by atoms with van der Waals surface area (Å²) in [5, 5.41) is 4.61. The summed E-state index contributed by atoms with van der Waals surface area (Å²) in [6.07, 6.45) is 0. The van der Waals surface area contributed by atoms with Crippen LogP contribution in [0.15, 0.2) is 206 Å². The number of fused-ring (bicyclic) bond motifs is 6. The maximum atomic E-state index is 9.09. The van der Waals surface area contributed by atoms with Gasteiger partial charge in [-0.3, -0.25) is 0 Å². The highest BCUT2D eigenvalue weighted by Gasteiger charge is 2.24. The van der Waals surface area contributed by atoms with Gasteiger partial charge in [0, 0.05) is 32.8 Å². The molecule has 3 nitrogen and oxygen atoms in total. The summed E-state index contributed by atoms with van der Waals surface area (Å²) in [4.78, 5) is 4.47. The van der Waals surface area contributed by atoms with Gasteiger partial charge in [-0.05, 0) is 127 Å². The first kappa shape index (κ1) is 41.7. The second kappa shape index (κ2) is 16.6. The standard InChI is InChI=1S/C66H49N3/c1-41-11-19-46(20-12-41)50-27-31-55-56-32-28-51(47-21-13-42(2)14-22-47)36-62(56)68(61(55)35-50)65-40-60(67-6)66(39-59(65)54-10-8-7-9-45(54)5)69-63-37-52(48-23-15-43(3)16-24-48)29-33-57(63)58-34-30-53(38-64(58)69)49-25-17-44(4)18-26-49/h7-40H,1-5H3. The second-order valence-electron chi connectivity index (χ2n) is 18.8. The lowest BCUT2D eigenvalue weighted by Gasteiger charge is -2.20. The lowest BCUT2D eigenvalue weighted by Crippen LogP contribution is -2.02. The van der Waals surface area contributed by atoms with Crippen LogP contribution in [0, 0.1) is 41.2 Å². The van der Waals surface area contributed by atoms with Gasteiger partial charge in [0.15, 0.2) is 0 Å². The highest BCUT2D eigenvalue weighted by atomic mass is 15.0. The van der Waals surface area contributed by atoms with Crippen molar-refractivity contribution >= 4 is 49.3 Å². The van der Waals surface area contributed by atoms with Crippen LogP contribution in [0.3, 0.4) is 0 Å². The fourth-order valence-electron chi connectivity index (χ4n) is 10.4. The third-order valence-corrected chi connectivity index (χ3v) is 14.2. The number of aryl methyl sites for hydroxylation is 5. The summed E-state index contributed by atoms with van der Waals surface area (Å²) in [6.45, 7) is 19.8. The minimum atomic E-state index is 0.571. The molecule has 0 radical (unpaired) electrons. The topological polar surface area (TPSA) is 14.2 Å². The number of hydrogen-bond donors (Lipinski definition) is 0. The minimum Gasteiger partial charge on any atom is -0.319 e. The Morgan fingerprint density at radius 3 is 0.957 bits per heavy atom. The molecule has 0 unspecified atom stereocenters. The third kappa shape index (κ3) is 7.21. The monoisotopic (exact) mass is 883 g/mol. The fourth-order valence-corrected chi connectivity index (χ4v) is 10.4. The molecular formula is C66H49N3. The molecule has 0 aliphatic heterocycles. The normalized spacial score (nSPS) is 11.5. The molecule has 0 aliphatic carbocycles. The summed E-state index contributed by atoms with van der Waals surface area (Å²) in [7, 11) is 0. The molecule has 0 bridgehead atoms. The van der Waals surface area contributed by atoms with Gasteiger partial charge in [0.1, 0.15) is 0 Å². The summed E-state index contributed by atoms with van der Waals surface area (Å²) in [6, 6.07) is 75.6. The average Bonchev–Trinajstić information content (AvgIpc) is 3.88. The van der Waals surface area contributed by atoms with E-state index in [4.69, 9.17) is 6.57 Å². The van der Waals surface area contributed by atoms with Crippen molar-refractivity contribution in [3.8, 4) is 67.0 Å². The van der Waals surface area contributed by atoms with Gasteiger partial charge in [0.2, 0.25) is 5.69 Å². The van der Waals surface area contributed by atoms with Crippen LogP contribution in [0.2, 0.25) is 0 Å². The zero-order valence-corrected chi connectivity index (χ0v) is 39.5. The molecule has 10 aromatic carbocycles. The Morgan fingerprint density at radius 1 is 0.304 bits per heavy atom. The Balaban J connectivity index is 1.19. The van der Waals surface area contributed by atoms with Crippen molar-refractivity contribution in [1.82, 2.24) is 9.13 Å². The van der Waals surface area contributed by atoms with Gasteiger partial charge in [-0.2, -0.15) is 0 Å². The van der Waals surface area contributed by atoms with Crippen LogP contribution in [-0.2, 0) is 0 Å². The molecule has 12 aromatic rings. The zero-order chi connectivity index (χ0) is 46.9. The number of aromatic nitrogens is 2. The Labute approximate surface area is 403 Å².